The van der Waals surface area contributed by atoms with Crippen LogP contribution in [0.2, 0.25) is 0 Å². The van der Waals surface area contributed by atoms with E-state index in [1.54, 1.807) is 6.20 Å². The Balaban J connectivity index is 1.49. The number of nitrogens with two attached hydrogens (primary N) is 1. The van der Waals surface area contributed by atoms with Gasteiger partial charge in [0, 0.05) is 19.0 Å². The smallest absolute Gasteiger partial charge is 0.153 e. The third-order valence-electron chi connectivity index (χ3n) is 9.44. The van der Waals surface area contributed by atoms with Gasteiger partial charge in [-0.3, -0.25) is 0 Å². The van der Waals surface area contributed by atoms with Crippen molar-refractivity contribution in [1.29, 1.82) is 0 Å². The van der Waals surface area contributed by atoms with E-state index in [9.17, 15) is 5.11 Å². The van der Waals surface area contributed by atoms with Crippen molar-refractivity contribution in [3.05, 3.63) is 54.0 Å². The van der Waals surface area contributed by atoms with Crippen molar-refractivity contribution < 1.29 is 5.11 Å². The van der Waals surface area contributed by atoms with Gasteiger partial charge >= 0.3 is 0 Å². The molecule has 0 aromatic carbocycles. The van der Waals surface area contributed by atoms with Gasteiger partial charge in [0.15, 0.2) is 5.82 Å². The standard InChI is InChI=1S/C26H36N4O/c1-17-7-8-21-20(14-27)22(9-10-25(17,21)2)26(3)13-18-15-30(24-6-4-5-11-28-24)29-23(18)12-19(26)16-31/h4-6,11,15,19-22,31H,1,7-10,12-14,16,27H2,2-3H3/t19-,20?,21?,22?,25?,26-/m1/s1. The Labute approximate surface area is 185 Å². The highest BCUT2D eigenvalue weighted by Crippen LogP contribution is 2.62. The van der Waals surface area contributed by atoms with Crippen molar-refractivity contribution in [2.24, 2.45) is 40.2 Å². The van der Waals surface area contributed by atoms with E-state index in [-0.39, 0.29) is 23.4 Å². The van der Waals surface area contributed by atoms with E-state index in [4.69, 9.17) is 10.8 Å². The number of fused-ring (bicyclic) bond motifs is 2. The molecule has 6 atom stereocenters. The van der Waals surface area contributed by atoms with Crippen LogP contribution in [0.3, 0.4) is 0 Å². The number of nitrogens with zero attached hydrogens (tertiary/aromatic N) is 3. The number of hydrogen-bond acceptors (Lipinski definition) is 4. The first-order chi connectivity index (χ1) is 14.9. The topological polar surface area (TPSA) is 77.0 Å². The summed E-state index contributed by atoms with van der Waals surface area (Å²) >= 11 is 0. The number of aliphatic hydroxyl groups excluding tert-OH is 1. The lowest BCUT2D eigenvalue weighted by atomic mass is 9.49. The SMILES string of the molecule is C=C1CCC2C(CN)C([C@]3(C)Cc4cn(-c5ccccn5)nc4C[C@@H]3CO)CCC12C. The fraction of sp³-hybridized carbons (Fsp3) is 0.615. The van der Waals surface area contributed by atoms with Crippen LogP contribution in [-0.2, 0) is 12.8 Å². The Morgan fingerprint density at radius 2 is 2.10 bits per heavy atom. The summed E-state index contributed by atoms with van der Waals surface area (Å²) in [6, 6.07) is 5.90. The van der Waals surface area contributed by atoms with E-state index in [1.807, 2.05) is 22.9 Å². The average Bonchev–Trinajstić information content (AvgIpc) is 3.33. The highest BCUT2D eigenvalue weighted by molar-refractivity contribution is 5.31. The molecular formula is C26H36N4O. The van der Waals surface area contributed by atoms with Crippen LogP contribution < -0.4 is 5.73 Å². The molecule has 2 aromatic rings. The van der Waals surface area contributed by atoms with Crippen LogP contribution >= 0.6 is 0 Å². The van der Waals surface area contributed by atoms with E-state index in [2.05, 4.69) is 31.6 Å². The summed E-state index contributed by atoms with van der Waals surface area (Å²) in [6.45, 7) is 10.2. The zero-order valence-electron chi connectivity index (χ0n) is 18.9. The molecule has 0 aliphatic heterocycles. The molecule has 166 valence electrons. The van der Waals surface area contributed by atoms with Gasteiger partial charge in [-0.05, 0) is 97.3 Å². The Morgan fingerprint density at radius 1 is 1.26 bits per heavy atom. The van der Waals surface area contributed by atoms with E-state index >= 15 is 0 Å². The Hall–Kier alpha value is -1.98. The van der Waals surface area contributed by atoms with E-state index in [0.29, 0.717) is 17.8 Å². The Kier molecular flexibility index (Phi) is 5.10. The number of hydrogen-bond donors (Lipinski definition) is 2. The van der Waals surface area contributed by atoms with E-state index in [0.717, 1.165) is 37.3 Å². The first-order valence-electron chi connectivity index (χ1n) is 11.9. The third-order valence-corrected chi connectivity index (χ3v) is 9.44. The van der Waals surface area contributed by atoms with Crippen molar-refractivity contribution in [3.63, 3.8) is 0 Å². The van der Waals surface area contributed by atoms with Gasteiger partial charge in [0.25, 0.3) is 0 Å². The van der Waals surface area contributed by atoms with Crippen molar-refractivity contribution >= 4 is 0 Å². The normalized spacial score (nSPS) is 37.5. The molecule has 2 heterocycles. The molecule has 0 amide bonds. The molecular weight excluding hydrogens is 384 g/mol. The summed E-state index contributed by atoms with van der Waals surface area (Å²) in [7, 11) is 0. The number of aliphatic hydroxyl groups is 1. The maximum atomic E-state index is 10.5. The molecule has 5 heteroatoms. The highest BCUT2D eigenvalue weighted by Gasteiger charge is 2.56. The van der Waals surface area contributed by atoms with Gasteiger partial charge in [-0.25, -0.2) is 9.67 Å². The molecule has 5 rings (SSSR count). The van der Waals surface area contributed by atoms with Crippen molar-refractivity contribution in [2.45, 2.75) is 52.4 Å². The highest BCUT2D eigenvalue weighted by atomic mass is 16.3. The maximum absolute atomic E-state index is 10.5. The summed E-state index contributed by atoms with van der Waals surface area (Å²) < 4.78 is 1.91. The summed E-state index contributed by atoms with van der Waals surface area (Å²) in [5.74, 6) is 2.68. The minimum Gasteiger partial charge on any atom is -0.396 e. The van der Waals surface area contributed by atoms with Crippen LogP contribution in [0.15, 0.2) is 42.7 Å². The van der Waals surface area contributed by atoms with Crippen LogP contribution in [-0.4, -0.2) is 33.0 Å². The van der Waals surface area contributed by atoms with Crippen molar-refractivity contribution in [1.82, 2.24) is 14.8 Å². The second kappa shape index (κ2) is 7.56. The minimum absolute atomic E-state index is 0.0228. The molecule has 0 spiro atoms. The average molecular weight is 421 g/mol. The largest absolute Gasteiger partial charge is 0.396 e. The van der Waals surface area contributed by atoms with E-state index < -0.39 is 0 Å². The van der Waals surface area contributed by atoms with Gasteiger partial charge in [-0.15, -0.1) is 0 Å². The quantitative estimate of drug-likeness (QED) is 0.735. The van der Waals surface area contributed by atoms with Crippen LogP contribution in [0.1, 0.15) is 50.8 Å². The molecule has 4 unspecified atom stereocenters. The monoisotopic (exact) mass is 420 g/mol. The number of aromatic nitrogens is 3. The van der Waals surface area contributed by atoms with E-state index in [1.165, 1.54) is 30.4 Å². The fourth-order valence-electron chi connectivity index (χ4n) is 7.44. The molecule has 2 fully saturated rings. The van der Waals surface area contributed by atoms with Crippen LogP contribution in [0.4, 0.5) is 0 Å². The molecule has 5 nitrogen and oxygen atoms in total. The van der Waals surface area contributed by atoms with Gasteiger partial charge in [-0.1, -0.05) is 32.1 Å². The number of allylic oxidation sites excluding steroid dienone is 1. The third kappa shape index (κ3) is 3.12. The Morgan fingerprint density at radius 3 is 2.81 bits per heavy atom. The van der Waals surface area contributed by atoms with Crippen molar-refractivity contribution in [2.75, 3.05) is 13.2 Å². The second-order valence-electron chi connectivity index (χ2n) is 10.7. The predicted molar refractivity (Wildman–Crippen MR) is 123 cm³/mol. The lowest BCUT2D eigenvalue weighted by Gasteiger charge is -2.55. The lowest BCUT2D eigenvalue weighted by Crippen LogP contribution is -2.53. The summed E-state index contributed by atoms with van der Waals surface area (Å²) in [5.41, 5.74) is 10.6. The molecule has 0 bridgehead atoms. The second-order valence-corrected chi connectivity index (χ2v) is 10.7. The van der Waals surface area contributed by atoms with Crippen LogP contribution in [0.25, 0.3) is 5.82 Å². The zero-order valence-corrected chi connectivity index (χ0v) is 18.9. The number of rotatable bonds is 4. The summed E-state index contributed by atoms with van der Waals surface area (Å²) in [4.78, 5) is 4.46. The lowest BCUT2D eigenvalue weighted by molar-refractivity contribution is -0.0536. The summed E-state index contributed by atoms with van der Waals surface area (Å²) in [5, 5.41) is 15.3. The molecule has 3 aliphatic carbocycles. The van der Waals surface area contributed by atoms with Gasteiger partial charge in [0.2, 0.25) is 0 Å². The summed E-state index contributed by atoms with van der Waals surface area (Å²) in [6.07, 6.45) is 10.5. The molecule has 3 aliphatic rings. The van der Waals surface area contributed by atoms with Gasteiger partial charge in [0.1, 0.15) is 0 Å². The molecule has 2 saturated carbocycles. The first-order valence-corrected chi connectivity index (χ1v) is 11.9. The molecule has 31 heavy (non-hydrogen) atoms. The van der Waals surface area contributed by atoms with Gasteiger partial charge < -0.3 is 10.8 Å². The first kappa shape index (κ1) is 20.9. The molecule has 0 saturated heterocycles. The Bertz CT molecular complexity index is 969. The maximum Gasteiger partial charge on any atom is 0.153 e. The van der Waals surface area contributed by atoms with Gasteiger partial charge in [-0.2, -0.15) is 5.10 Å². The van der Waals surface area contributed by atoms with Crippen LogP contribution in [0.5, 0.6) is 0 Å². The number of pyridine rings is 1. The van der Waals surface area contributed by atoms with Gasteiger partial charge in [0.05, 0.1) is 5.69 Å². The van der Waals surface area contributed by atoms with Crippen molar-refractivity contribution in [3.8, 4) is 5.82 Å². The minimum atomic E-state index is 0.0228. The van der Waals surface area contributed by atoms with Crippen LogP contribution in [0, 0.1) is 34.5 Å². The zero-order chi connectivity index (χ0) is 21.8. The molecule has 2 aromatic heterocycles. The molecule has 3 N–H and O–H groups in total. The molecule has 0 radical (unpaired) electrons. The fourth-order valence-corrected chi connectivity index (χ4v) is 7.44. The predicted octanol–water partition coefficient (Wildman–Crippen LogP) is 3.94.